The number of nitrogens with two attached hydrogens (primary N) is 1. The van der Waals surface area contributed by atoms with Crippen molar-refractivity contribution in [3.05, 3.63) is 35.0 Å². The molecular formula is C11H16N4O. The Bertz CT molecular complexity index is 464. The number of aromatic nitrogens is 3. The predicted molar refractivity (Wildman–Crippen MR) is 59.9 cm³/mol. The van der Waals surface area contributed by atoms with Gasteiger partial charge in [0.2, 0.25) is 0 Å². The minimum atomic E-state index is 0.0124. The van der Waals surface area contributed by atoms with Crippen LogP contribution in [0.1, 0.15) is 35.5 Å². The Morgan fingerprint density at radius 2 is 2.25 bits per heavy atom. The lowest BCUT2D eigenvalue weighted by molar-refractivity contribution is 0.391. The van der Waals surface area contributed by atoms with E-state index in [0.29, 0.717) is 6.54 Å². The van der Waals surface area contributed by atoms with Gasteiger partial charge in [-0.25, -0.2) is 0 Å². The zero-order chi connectivity index (χ0) is 11.7. The van der Waals surface area contributed by atoms with Crippen LogP contribution in [0, 0.1) is 13.8 Å². The lowest BCUT2D eigenvalue weighted by Crippen LogP contribution is -2.04. The standard InChI is InChI=1S/C11H16N4O/c1-7(12)10-4-13-15(5-10)6-11-8(2)14-16-9(11)3/h4-5,7H,6,12H2,1-3H3/t7-/m0/s1. The summed E-state index contributed by atoms with van der Waals surface area (Å²) in [5, 5.41) is 8.18. The molecule has 1 atom stereocenters. The van der Waals surface area contributed by atoms with Crippen molar-refractivity contribution in [2.75, 3.05) is 0 Å². The maximum absolute atomic E-state index is 5.78. The van der Waals surface area contributed by atoms with Crippen molar-refractivity contribution >= 4 is 0 Å². The summed E-state index contributed by atoms with van der Waals surface area (Å²) in [6, 6.07) is 0.0124. The maximum Gasteiger partial charge on any atom is 0.138 e. The molecule has 2 heterocycles. The number of hydrogen-bond donors (Lipinski definition) is 1. The Labute approximate surface area is 94.2 Å². The van der Waals surface area contributed by atoms with Crippen LogP contribution < -0.4 is 5.73 Å². The lowest BCUT2D eigenvalue weighted by atomic mass is 10.2. The van der Waals surface area contributed by atoms with Crippen molar-refractivity contribution in [1.29, 1.82) is 0 Å². The quantitative estimate of drug-likeness (QED) is 0.852. The molecule has 0 aliphatic carbocycles. The summed E-state index contributed by atoms with van der Waals surface area (Å²) in [5.41, 5.74) is 8.81. The highest BCUT2D eigenvalue weighted by molar-refractivity contribution is 5.21. The number of aryl methyl sites for hydroxylation is 2. The van der Waals surface area contributed by atoms with Crippen LogP contribution in [0.5, 0.6) is 0 Å². The zero-order valence-electron chi connectivity index (χ0n) is 9.77. The van der Waals surface area contributed by atoms with Gasteiger partial charge < -0.3 is 10.3 Å². The number of nitrogens with zero attached hydrogens (tertiary/aromatic N) is 3. The fraction of sp³-hybridized carbons (Fsp3) is 0.455. The lowest BCUT2D eigenvalue weighted by Gasteiger charge is -2.01. The molecule has 0 fully saturated rings. The summed E-state index contributed by atoms with van der Waals surface area (Å²) >= 11 is 0. The fourth-order valence-corrected chi connectivity index (χ4v) is 1.59. The van der Waals surface area contributed by atoms with Crippen LogP contribution in [-0.4, -0.2) is 14.9 Å². The van der Waals surface area contributed by atoms with E-state index in [2.05, 4.69) is 10.3 Å². The van der Waals surface area contributed by atoms with E-state index in [1.54, 1.807) is 6.20 Å². The van der Waals surface area contributed by atoms with Gasteiger partial charge >= 0.3 is 0 Å². The first-order valence-corrected chi connectivity index (χ1v) is 5.27. The van der Waals surface area contributed by atoms with Gasteiger partial charge in [0.15, 0.2) is 0 Å². The summed E-state index contributed by atoms with van der Waals surface area (Å²) < 4.78 is 6.96. The van der Waals surface area contributed by atoms with Gasteiger partial charge in [-0.15, -0.1) is 0 Å². The maximum atomic E-state index is 5.78. The SMILES string of the molecule is Cc1noc(C)c1Cn1cc([C@H](C)N)cn1. The van der Waals surface area contributed by atoms with Gasteiger partial charge in [0.1, 0.15) is 5.76 Å². The summed E-state index contributed by atoms with van der Waals surface area (Å²) in [4.78, 5) is 0. The molecule has 0 aromatic carbocycles. The molecule has 2 rings (SSSR count). The van der Waals surface area contributed by atoms with Crippen molar-refractivity contribution < 1.29 is 4.52 Å². The van der Waals surface area contributed by atoms with Gasteiger partial charge in [0, 0.05) is 23.4 Å². The van der Waals surface area contributed by atoms with Gasteiger partial charge in [-0.2, -0.15) is 5.10 Å². The Kier molecular flexibility index (Phi) is 2.78. The van der Waals surface area contributed by atoms with Gasteiger partial charge in [-0.3, -0.25) is 4.68 Å². The molecular weight excluding hydrogens is 204 g/mol. The van der Waals surface area contributed by atoms with Crippen LogP contribution in [0.4, 0.5) is 0 Å². The molecule has 16 heavy (non-hydrogen) atoms. The third-order valence-electron chi connectivity index (χ3n) is 2.68. The third-order valence-corrected chi connectivity index (χ3v) is 2.68. The summed E-state index contributed by atoms with van der Waals surface area (Å²) in [6.07, 6.45) is 3.75. The van der Waals surface area contributed by atoms with E-state index < -0.39 is 0 Å². The minimum Gasteiger partial charge on any atom is -0.361 e. The molecule has 0 radical (unpaired) electrons. The van der Waals surface area contributed by atoms with Gasteiger partial charge in [-0.1, -0.05) is 5.16 Å². The van der Waals surface area contributed by atoms with Crippen molar-refractivity contribution in [1.82, 2.24) is 14.9 Å². The second-order valence-corrected chi connectivity index (χ2v) is 4.06. The molecule has 86 valence electrons. The predicted octanol–water partition coefficient (Wildman–Crippen LogP) is 1.56. The molecule has 2 aromatic heterocycles. The van der Waals surface area contributed by atoms with Crippen molar-refractivity contribution in [2.45, 2.75) is 33.4 Å². The zero-order valence-corrected chi connectivity index (χ0v) is 9.77. The van der Waals surface area contributed by atoms with Gasteiger partial charge in [-0.05, 0) is 20.8 Å². The first-order valence-electron chi connectivity index (χ1n) is 5.27. The minimum absolute atomic E-state index is 0.0124. The molecule has 0 unspecified atom stereocenters. The molecule has 0 aliphatic rings. The van der Waals surface area contributed by atoms with Crippen LogP contribution in [0.2, 0.25) is 0 Å². The Morgan fingerprint density at radius 3 is 2.75 bits per heavy atom. The van der Waals surface area contributed by atoms with E-state index in [1.807, 2.05) is 31.6 Å². The highest BCUT2D eigenvalue weighted by atomic mass is 16.5. The first kappa shape index (κ1) is 10.9. The molecule has 0 saturated carbocycles. The van der Waals surface area contributed by atoms with Crippen LogP contribution in [0.15, 0.2) is 16.9 Å². The van der Waals surface area contributed by atoms with Crippen molar-refractivity contribution in [3.63, 3.8) is 0 Å². The van der Waals surface area contributed by atoms with Crippen LogP contribution in [0.25, 0.3) is 0 Å². The second-order valence-electron chi connectivity index (χ2n) is 4.06. The molecule has 0 spiro atoms. The van der Waals surface area contributed by atoms with E-state index in [-0.39, 0.29) is 6.04 Å². The summed E-state index contributed by atoms with van der Waals surface area (Å²) in [5.74, 6) is 0.843. The molecule has 2 N–H and O–H groups in total. The monoisotopic (exact) mass is 220 g/mol. The molecule has 2 aromatic rings. The first-order chi connectivity index (χ1) is 7.58. The topological polar surface area (TPSA) is 69.9 Å². The molecule has 0 saturated heterocycles. The summed E-state index contributed by atoms with van der Waals surface area (Å²) in [6.45, 7) is 6.46. The van der Waals surface area contributed by atoms with Crippen LogP contribution in [-0.2, 0) is 6.54 Å². The smallest absolute Gasteiger partial charge is 0.138 e. The van der Waals surface area contributed by atoms with Crippen molar-refractivity contribution in [3.8, 4) is 0 Å². The van der Waals surface area contributed by atoms with Crippen LogP contribution in [0.3, 0.4) is 0 Å². The fourth-order valence-electron chi connectivity index (χ4n) is 1.59. The number of rotatable bonds is 3. The van der Waals surface area contributed by atoms with Gasteiger partial charge in [0.05, 0.1) is 18.4 Å². The average Bonchev–Trinajstić information content (AvgIpc) is 2.80. The van der Waals surface area contributed by atoms with Gasteiger partial charge in [0.25, 0.3) is 0 Å². The number of hydrogen-bond acceptors (Lipinski definition) is 4. The Morgan fingerprint density at radius 1 is 1.50 bits per heavy atom. The summed E-state index contributed by atoms with van der Waals surface area (Å²) in [7, 11) is 0. The van der Waals surface area contributed by atoms with E-state index in [9.17, 15) is 0 Å². The molecule has 0 amide bonds. The molecule has 5 heteroatoms. The van der Waals surface area contributed by atoms with Crippen molar-refractivity contribution in [2.24, 2.45) is 5.73 Å². The molecule has 5 nitrogen and oxygen atoms in total. The highest BCUT2D eigenvalue weighted by Crippen LogP contribution is 2.15. The highest BCUT2D eigenvalue weighted by Gasteiger charge is 2.10. The van der Waals surface area contributed by atoms with E-state index in [0.717, 1.165) is 22.6 Å². The third kappa shape index (κ3) is 1.99. The average molecular weight is 220 g/mol. The second kappa shape index (κ2) is 4.09. The van der Waals surface area contributed by atoms with E-state index >= 15 is 0 Å². The Hall–Kier alpha value is -1.62. The van der Waals surface area contributed by atoms with Crippen LogP contribution >= 0.6 is 0 Å². The molecule has 0 bridgehead atoms. The normalized spacial score (nSPS) is 13.0. The molecule has 0 aliphatic heterocycles. The largest absolute Gasteiger partial charge is 0.361 e. The van der Waals surface area contributed by atoms with E-state index in [1.165, 1.54) is 0 Å². The van der Waals surface area contributed by atoms with E-state index in [4.69, 9.17) is 10.3 Å². The Balaban J connectivity index is 2.21.